The van der Waals surface area contributed by atoms with Crippen LogP contribution >= 0.6 is 0 Å². The van der Waals surface area contributed by atoms with Crippen molar-refractivity contribution in [2.24, 2.45) is 11.3 Å². The highest BCUT2D eigenvalue weighted by Gasteiger charge is 2.28. The van der Waals surface area contributed by atoms with E-state index in [4.69, 9.17) is 0 Å². The van der Waals surface area contributed by atoms with E-state index in [0.29, 0.717) is 23.4 Å². The zero-order valence-corrected chi connectivity index (χ0v) is 11.0. The SMILES string of the molecule is C=CC(C)N(C)C(C)C(C)C(C)(C)C. The Hall–Kier alpha value is -0.300. The molecule has 0 aliphatic rings. The quantitative estimate of drug-likeness (QED) is 0.623. The first-order chi connectivity index (χ1) is 6.21. The molecule has 0 aromatic carbocycles. The molecule has 14 heavy (non-hydrogen) atoms. The lowest BCUT2D eigenvalue weighted by Gasteiger charge is -2.39. The van der Waals surface area contributed by atoms with E-state index in [9.17, 15) is 0 Å². The maximum atomic E-state index is 3.84. The lowest BCUT2D eigenvalue weighted by Crippen LogP contribution is -2.43. The largest absolute Gasteiger partial charge is 0.297 e. The first-order valence-corrected chi connectivity index (χ1v) is 5.56. The van der Waals surface area contributed by atoms with Crippen molar-refractivity contribution in [2.75, 3.05) is 7.05 Å². The Bertz CT molecular complexity index is 178. The smallest absolute Gasteiger partial charge is 0.0247 e. The zero-order valence-electron chi connectivity index (χ0n) is 11.0. The maximum absolute atomic E-state index is 3.84. The van der Waals surface area contributed by atoms with Crippen LogP contribution in [0.2, 0.25) is 0 Å². The van der Waals surface area contributed by atoms with E-state index in [0.717, 1.165) is 0 Å². The first kappa shape index (κ1) is 13.7. The molecule has 1 nitrogen and oxygen atoms in total. The molecular weight excluding hydrogens is 170 g/mol. The van der Waals surface area contributed by atoms with Gasteiger partial charge in [-0.05, 0) is 32.2 Å². The third kappa shape index (κ3) is 3.45. The van der Waals surface area contributed by atoms with Gasteiger partial charge in [-0.1, -0.05) is 33.8 Å². The van der Waals surface area contributed by atoms with Crippen LogP contribution < -0.4 is 0 Å². The Kier molecular flexibility index (Phi) is 4.87. The lowest BCUT2D eigenvalue weighted by molar-refractivity contribution is 0.104. The Balaban J connectivity index is 4.46. The molecule has 0 aromatic rings. The van der Waals surface area contributed by atoms with Crippen LogP contribution in [-0.4, -0.2) is 24.0 Å². The van der Waals surface area contributed by atoms with Gasteiger partial charge in [0.15, 0.2) is 0 Å². The molecule has 1 heteroatoms. The Morgan fingerprint density at radius 2 is 1.57 bits per heavy atom. The number of likely N-dealkylation sites (N-methyl/N-ethyl adjacent to an activating group) is 1. The molecule has 84 valence electrons. The topological polar surface area (TPSA) is 3.24 Å². The van der Waals surface area contributed by atoms with Crippen LogP contribution in [-0.2, 0) is 0 Å². The van der Waals surface area contributed by atoms with E-state index in [-0.39, 0.29) is 0 Å². The van der Waals surface area contributed by atoms with Gasteiger partial charge in [-0.15, -0.1) is 6.58 Å². The molecule has 3 atom stereocenters. The van der Waals surface area contributed by atoms with Gasteiger partial charge in [-0.2, -0.15) is 0 Å². The van der Waals surface area contributed by atoms with Gasteiger partial charge >= 0.3 is 0 Å². The third-order valence-corrected chi connectivity index (χ3v) is 3.72. The van der Waals surface area contributed by atoms with Crippen molar-refractivity contribution in [3.05, 3.63) is 12.7 Å². The highest BCUT2D eigenvalue weighted by molar-refractivity contribution is 4.88. The third-order valence-electron chi connectivity index (χ3n) is 3.72. The Labute approximate surface area is 90.2 Å². The van der Waals surface area contributed by atoms with Crippen molar-refractivity contribution in [2.45, 2.75) is 53.6 Å². The summed E-state index contributed by atoms with van der Waals surface area (Å²) in [5.74, 6) is 0.676. The van der Waals surface area contributed by atoms with Crippen molar-refractivity contribution in [3.8, 4) is 0 Å². The normalized spacial score (nSPS) is 19.1. The van der Waals surface area contributed by atoms with Gasteiger partial charge in [0.1, 0.15) is 0 Å². The second kappa shape index (κ2) is 4.97. The number of nitrogens with zero attached hydrogens (tertiary/aromatic N) is 1. The number of rotatable bonds is 4. The van der Waals surface area contributed by atoms with E-state index in [1.54, 1.807) is 0 Å². The number of hydrogen-bond acceptors (Lipinski definition) is 1. The van der Waals surface area contributed by atoms with E-state index in [1.807, 2.05) is 6.08 Å². The van der Waals surface area contributed by atoms with E-state index < -0.39 is 0 Å². The summed E-state index contributed by atoms with van der Waals surface area (Å²) in [4.78, 5) is 2.39. The van der Waals surface area contributed by atoms with Crippen LogP contribution in [0, 0.1) is 11.3 Å². The van der Waals surface area contributed by atoms with E-state index in [1.165, 1.54) is 0 Å². The van der Waals surface area contributed by atoms with Crippen LogP contribution in [0.4, 0.5) is 0 Å². The molecule has 0 heterocycles. The predicted octanol–water partition coefficient (Wildman–Crippen LogP) is 3.56. The summed E-state index contributed by atoms with van der Waals surface area (Å²) in [6, 6.07) is 1.04. The molecule has 0 N–H and O–H groups in total. The van der Waals surface area contributed by atoms with Crippen molar-refractivity contribution >= 4 is 0 Å². The molecule has 0 aromatic heterocycles. The Morgan fingerprint density at radius 1 is 1.14 bits per heavy atom. The first-order valence-electron chi connectivity index (χ1n) is 5.56. The highest BCUT2D eigenvalue weighted by atomic mass is 15.1. The molecule has 0 radical (unpaired) electrons. The molecule has 0 amide bonds. The fourth-order valence-electron chi connectivity index (χ4n) is 1.61. The highest BCUT2D eigenvalue weighted by Crippen LogP contribution is 2.30. The summed E-state index contributed by atoms with van der Waals surface area (Å²) in [6.45, 7) is 17.6. The monoisotopic (exact) mass is 197 g/mol. The molecule has 0 fully saturated rings. The van der Waals surface area contributed by atoms with Crippen LogP contribution in [0.3, 0.4) is 0 Å². The molecule has 0 bridgehead atoms. The van der Waals surface area contributed by atoms with Crippen LogP contribution in [0.15, 0.2) is 12.7 Å². The molecule has 0 spiro atoms. The van der Waals surface area contributed by atoms with Gasteiger partial charge in [-0.25, -0.2) is 0 Å². The minimum Gasteiger partial charge on any atom is -0.297 e. The average molecular weight is 197 g/mol. The summed E-state index contributed by atoms with van der Waals surface area (Å²) < 4.78 is 0. The van der Waals surface area contributed by atoms with Gasteiger partial charge in [0, 0.05) is 12.1 Å². The van der Waals surface area contributed by atoms with E-state index in [2.05, 4.69) is 60.1 Å². The minimum absolute atomic E-state index is 0.370. The molecule has 0 aliphatic carbocycles. The van der Waals surface area contributed by atoms with Crippen molar-refractivity contribution in [1.29, 1.82) is 0 Å². The molecule has 0 aliphatic heterocycles. The van der Waals surface area contributed by atoms with Gasteiger partial charge in [0.25, 0.3) is 0 Å². The summed E-state index contributed by atoms with van der Waals surface area (Å²) in [5, 5.41) is 0. The van der Waals surface area contributed by atoms with E-state index >= 15 is 0 Å². The fraction of sp³-hybridized carbons (Fsp3) is 0.846. The predicted molar refractivity (Wildman–Crippen MR) is 65.5 cm³/mol. The van der Waals surface area contributed by atoms with Gasteiger partial charge in [0.05, 0.1) is 0 Å². The Morgan fingerprint density at radius 3 is 1.86 bits per heavy atom. The summed E-state index contributed by atoms with van der Waals surface area (Å²) in [6.07, 6.45) is 2.01. The van der Waals surface area contributed by atoms with Crippen LogP contribution in [0.5, 0.6) is 0 Å². The summed E-state index contributed by atoms with van der Waals surface area (Å²) in [5.41, 5.74) is 0.370. The lowest BCUT2D eigenvalue weighted by atomic mass is 9.77. The molecule has 3 unspecified atom stereocenters. The minimum atomic E-state index is 0.370. The molecule has 0 saturated carbocycles. The fourth-order valence-corrected chi connectivity index (χ4v) is 1.61. The van der Waals surface area contributed by atoms with Crippen LogP contribution in [0.25, 0.3) is 0 Å². The van der Waals surface area contributed by atoms with Gasteiger partial charge < -0.3 is 0 Å². The summed E-state index contributed by atoms with van der Waals surface area (Å²) in [7, 11) is 2.18. The maximum Gasteiger partial charge on any atom is 0.0247 e. The van der Waals surface area contributed by atoms with Gasteiger partial charge in [-0.3, -0.25) is 4.90 Å². The van der Waals surface area contributed by atoms with Crippen LogP contribution in [0.1, 0.15) is 41.5 Å². The molecular formula is C13H27N. The van der Waals surface area contributed by atoms with Crippen molar-refractivity contribution < 1.29 is 0 Å². The second-order valence-electron chi connectivity index (χ2n) is 5.54. The average Bonchev–Trinajstić information content (AvgIpc) is 2.11. The van der Waals surface area contributed by atoms with Crippen molar-refractivity contribution in [3.63, 3.8) is 0 Å². The number of hydrogen-bond donors (Lipinski definition) is 0. The molecule has 0 rings (SSSR count). The van der Waals surface area contributed by atoms with Gasteiger partial charge in [0.2, 0.25) is 0 Å². The van der Waals surface area contributed by atoms with Crippen molar-refractivity contribution in [1.82, 2.24) is 4.90 Å². The standard InChI is InChI=1S/C13H27N/c1-9-10(2)14(8)12(4)11(3)13(5,6)7/h9-12H,1H2,2-8H3. The summed E-state index contributed by atoms with van der Waals surface area (Å²) >= 11 is 0. The second-order valence-corrected chi connectivity index (χ2v) is 5.54. The molecule has 0 saturated heterocycles. The zero-order chi connectivity index (χ0) is 11.5.